The fourth-order valence-corrected chi connectivity index (χ4v) is 5.30. The van der Waals surface area contributed by atoms with Crippen molar-refractivity contribution < 1.29 is 54.0 Å². The lowest BCUT2D eigenvalue weighted by Gasteiger charge is -2.54. The number of methoxy groups -OCH3 is 3. The number of aliphatic hydroxyl groups is 5. The molecule has 0 amide bonds. The van der Waals surface area contributed by atoms with Crippen molar-refractivity contribution in [2.24, 2.45) is 11.3 Å². The first kappa shape index (κ1) is 33.1. The van der Waals surface area contributed by atoms with Crippen LogP contribution in [0.15, 0.2) is 11.6 Å². The van der Waals surface area contributed by atoms with Crippen molar-refractivity contribution in [2.45, 2.75) is 114 Å². The van der Waals surface area contributed by atoms with Crippen LogP contribution in [-0.4, -0.2) is 114 Å². The molecule has 2 aliphatic rings. The average molecular weight is 549 g/mol. The maximum absolute atomic E-state index is 13.1. The first-order valence-corrected chi connectivity index (χ1v) is 13.3. The number of esters is 1. The Labute approximate surface area is 225 Å². The van der Waals surface area contributed by atoms with E-state index < -0.39 is 66.0 Å². The van der Waals surface area contributed by atoms with Crippen LogP contribution in [0.2, 0.25) is 0 Å². The van der Waals surface area contributed by atoms with Gasteiger partial charge < -0.3 is 49.2 Å². The number of hydrogen-bond donors (Lipinski definition) is 5. The van der Waals surface area contributed by atoms with Gasteiger partial charge in [0, 0.05) is 65.0 Å². The van der Waals surface area contributed by atoms with Crippen molar-refractivity contribution in [3.8, 4) is 0 Å². The average Bonchev–Trinajstić information content (AvgIpc) is 2.89. The molecule has 11 heteroatoms. The minimum atomic E-state index is -2.23. The van der Waals surface area contributed by atoms with Crippen LogP contribution in [0.5, 0.6) is 0 Å². The van der Waals surface area contributed by atoms with E-state index in [-0.39, 0.29) is 38.2 Å². The molecule has 222 valence electrons. The highest BCUT2D eigenvalue weighted by Gasteiger charge is 2.60. The van der Waals surface area contributed by atoms with Gasteiger partial charge in [0.15, 0.2) is 6.10 Å². The van der Waals surface area contributed by atoms with Crippen LogP contribution in [0.4, 0.5) is 0 Å². The van der Waals surface area contributed by atoms with Crippen molar-refractivity contribution in [1.82, 2.24) is 0 Å². The summed E-state index contributed by atoms with van der Waals surface area (Å²) < 4.78 is 28.3. The van der Waals surface area contributed by atoms with Gasteiger partial charge >= 0.3 is 5.97 Å². The van der Waals surface area contributed by atoms with Crippen molar-refractivity contribution >= 4 is 5.97 Å². The fourth-order valence-electron chi connectivity index (χ4n) is 5.30. The number of carbonyl (C=O) groups excluding carboxylic acids is 1. The topological polar surface area (TPSA) is 164 Å². The maximum Gasteiger partial charge on any atom is 0.338 e. The summed E-state index contributed by atoms with van der Waals surface area (Å²) in [5.74, 6) is -3.29. The molecule has 38 heavy (non-hydrogen) atoms. The van der Waals surface area contributed by atoms with E-state index in [9.17, 15) is 30.3 Å². The smallest absolute Gasteiger partial charge is 0.338 e. The quantitative estimate of drug-likeness (QED) is 0.224. The Balaban J connectivity index is 2.56. The number of cyclic esters (lactones) is 1. The lowest BCUT2D eigenvalue weighted by Crippen LogP contribution is -2.68. The molecular weight excluding hydrogens is 500 g/mol. The van der Waals surface area contributed by atoms with E-state index >= 15 is 0 Å². The van der Waals surface area contributed by atoms with E-state index in [0.717, 1.165) is 0 Å². The molecule has 2 fully saturated rings. The van der Waals surface area contributed by atoms with Crippen LogP contribution in [-0.2, 0) is 28.5 Å². The monoisotopic (exact) mass is 548 g/mol. The number of carbonyl (C=O) groups is 1. The van der Waals surface area contributed by atoms with Gasteiger partial charge in [0.2, 0.25) is 5.79 Å². The van der Waals surface area contributed by atoms with Crippen LogP contribution in [0.3, 0.4) is 0 Å². The summed E-state index contributed by atoms with van der Waals surface area (Å²) in [5.41, 5.74) is -0.730. The third-order valence-corrected chi connectivity index (χ3v) is 8.37. The lowest BCUT2D eigenvalue weighted by atomic mass is 9.70. The minimum Gasteiger partial charge on any atom is -0.456 e. The molecule has 0 spiro atoms. The molecule has 5 N–H and O–H groups in total. The molecule has 0 saturated carbocycles. The van der Waals surface area contributed by atoms with Crippen molar-refractivity contribution in [3.63, 3.8) is 0 Å². The molecule has 11 nitrogen and oxygen atoms in total. The van der Waals surface area contributed by atoms with E-state index in [1.54, 1.807) is 20.8 Å². The van der Waals surface area contributed by atoms with E-state index in [2.05, 4.69) is 0 Å². The molecule has 2 saturated heterocycles. The summed E-state index contributed by atoms with van der Waals surface area (Å²) in [6, 6.07) is 0. The first-order valence-electron chi connectivity index (χ1n) is 13.3. The minimum absolute atomic E-state index is 0.0174. The standard InChI is InChI=1S/C27H48O11/c1-8-16(14-28)9-15(2)19-10-17(34-5)13-22(29)26(3,4)27(33)24(31)21(36-7)12-18(38-27)11-20(35-6)23(30)25(32)37-19/h9,16-24,28-31,33H,8,10-14H2,1-7H3/b15-9-/t16-,17+,18-,19?,20-,21-,22+,23+,24-,27+/m0/s1. The molecule has 0 radical (unpaired) electrons. The Morgan fingerprint density at radius 2 is 1.66 bits per heavy atom. The molecule has 10 atom stereocenters. The summed E-state index contributed by atoms with van der Waals surface area (Å²) in [4.78, 5) is 13.1. The van der Waals surface area contributed by atoms with Gasteiger partial charge in [-0.2, -0.15) is 0 Å². The summed E-state index contributed by atoms with van der Waals surface area (Å²) in [5, 5.41) is 54.7. The number of aliphatic hydroxyl groups excluding tert-OH is 4. The second kappa shape index (κ2) is 14.0. The Morgan fingerprint density at radius 1 is 1.05 bits per heavy atom. The molecule has 0 aliphatic carbocycles. The van der Waals surface area contributed by atoms with Gasteiger partial charge in [-0.1, -0.05) is 26.8 Å². The highest BCUT2D eigenvalue weighted by atomic mass is 16.7. The van der Waals surface area contributed by atoms with Gasteiger partial charge in [0.05, 0.1) is 30.5 Å². The summed E-state index contributed by atoms with van der Waals surface area (Å²) in [6.45, 7) is 6.81. The second-order valence-electron chi connectivity index (χ2n) is 11.1. The third kappa shape index (κ3) is 7.13. The highest BCUT2D eigenvalue weighted by molar-refractivity contribution is 5.75. The number of fused-ring (bicyclic) bond motifs is 2. The number of ether oxygens (including phenoxy) is 5. The predicted octanol–water partition coefficient (Wildman–Crippen LogP) is 0.678. The Kier molecular flexibility index (Phi) is 12.1. The van der Waals surface area contributed by atoms with Gasteiger partial charge in [-0.3, -0.25) is 0 Å². The van der Waals surface area contributed by atoms with Crippen LogP contribution in [0.1, 0.15) is 59.8 Å². The third-order valence-electron chi connectivity index (χ3n) is 8.37. The first-order chi connectivity index (χ1) is 17.8. The normalized spacial score (nSPS) is 40.2. The van der Waals surface area contributed by atoms with Crippen LogP contribution < -0.4 is 0 Å². The Morgan fingerprint density at radius 3 is 2.18 bits per heavy atom. The van der Waals surface area contributed by atoms with Gasteiger partial charge in [-0.15, -0.1) is 0 Å². The van der Waals surface area contributed by atoms with E-state index in [1.165, 1.54) is 21.3 Å². The zero-order valence-corrected chi connectivity index (χ0v) is 23.7. The Bertz CT molecular complexity index is 783. The van der Waals surface area contributed by atoms with Gasteiger partial charge in [-0.25, -0.2) is 4.79 Å². The van der Waals surface area contributed by atoms with E-state index in [4.69, 9.17) is 23.7 Å². The van der Waals surface area contributed by atoms with Crippen LogP contribution in [0, 0.1) is 11.3 Å². The second-order valence-corrected chi connectivity index (χ2v) is 11.1. The highest BCUT2D eigenvalue weighted by Crippen LogP contribution is 2.46. The zero-order chi connectivity index (χ0) is 28.8. The number of rotatable bonds is 7. The number of hydrogen-bond acceptors (Lipinski definition) is 11. The maximum atomic E-state index is 13.1. The molecule has 1 unspecified atom stereocenters. The van der Waals surface area contributed by atoms with Gasteiger partial charge in [0.1, 0.15) is 12.2 Å². The van der Waals surface area contributed by atoms with Crippen molar-refractivity contribution in [2.75, 3.05) is 27.9 Å². The predicted molar refractivity (Wildman–Crippen MR) is 137 cm³/mol. The zero-order valence-electron chi connectivity index (χ0n) is 23.7. The van der Waals surface area contributed by atoms with E-state index in [1.807, 2.05) is 13.0 Å². The largest absolute Gasteiger partial charge is 0.456 e. The SMILES string of the molecule is CC[C@@H](/C=C(/C)C1C[C@@H](OC)C[C@@H](O)C(C)(C)[C@]2(O)O[C@@H](C[C@H](OC)[C@@H](O)C(=O)O1)C[C@H](OC)[C@@H]2O)CO. The van der Waals surface area contributed by atoms with Gasteiger partial charge in [0.25, 0.3) is 0 Å². The molecule has 0 aromatic heterocycles. The Hall–Kier alpha value is -1.15. The van der Waals surface area contributed by atoms with Crippen LogP contribution in [0.25, 0.3) is 0 Å². The summed E-state index contributed by atoms with van der Waals surface area (Å²) in [7, 11) is 4.20. The van der Waals surface area contributed by atoms with Crippen LogP contribution >= 0.6 is 0 Å². The lowest BCUT2D eigenvalue weighted by molar-refractivity contribution is -0.379. The molecule has 2 aliphatic heterocycles. The van der Waals surface area contributed by atoms with Gasteiger partial charge in [-0.05, 0) is 18.9 Å². The molecule has 0 aromatic carbocycles. The molecular formula is C27H48O11. The molecule has 0 aromatic rings. The molecule has 2 heterocycles. The summed E-state index contributed by atoms with van der Waals surface area (Å²) in [6.07, 6.45) is -5.71. The molecule has 2 bridgehead atoms. The van der Waals surface area contributed by atoms with E-state index in [0.29, 0.717) is 12.0 Å². The van der Waals surface area contributed by atoms with Crippen molar-refractivity contribution in [1.29, 1.82) is 0 Å². The molecule has 2 rings (SSSR count). The fraction of sp³-hybridized carbons (Fsp3) is 0.889. The van der Waals surface area contributed by atoms with Crippen molar-refractivity contribution in [3.05, 3.63) is 11.6 Å². The summed E-state index contributed by atoms with van der Waals surface area (Å²) >= 11 is 0.